The van der Waals surface area contributed by atoms with Crippen molar-refractivity contribution in [1.29, 1.82) is 0 Å². The van der Waals surface area contributed by atoms with Crippen LogP contribution in [0.1, 0.15) is 18.4 Å². The summed E-state index contributed by atoms with van der Waals surface area (Å²) < 4.78 is 16.2. The number of carbonyl (C=O) groups excluding carboxylic acids is 2. The number of methoxy groups -OCH3 is 3. The minimum Gasteiger partial charge on any atom is -0.493 e. The number of hydrogen-bond donors (Lipinski definition) is 2. The van der Waals surface area contributed by atoms with Crippen LogP contribution in [0.3, 0.4) is 0 Å². The molecule has 0 aliphatic carbocycles. The van der Waals surface area contributed by atoms with E-state index in [-0.39, 0.29) is 36.6 Å². The number of amides is 4. The minimum atomic E-state index is -0.360. The predicted molar refractivity (Wildman–Crippen MR) is 163 cm³/mol. The second-order valence-corrected chi connectivity index (χ2v) is 11.0. The number of halogens is 2. The van der Waals surface area contributed by atoms with Crippen LogP contribution < -0.4 is 24.8 Å². The lowest BCUT2D eigenvalue weighted by atomic mass is 9.89. The molecule has 2 N–H and O–H groups in total. The topological polar surface area (TPSA) is 95.6 Å². The Balaban J connectivity index is 0.00000462. The minimum absolute atomic E-state index is 0. The fourth-order valence-electron chi connectivity index (χ4n) is 5.67. The molecule has 0 aromatic heterocycles. The van der Waals surface area contributed by atoms with Crippen LogP contribution in [0.4, 0.5) is 15.3 Å². The van der Waals surface area contributed by atoms with Crippen LogP contribution in [0, 0.1) is 5.92 Å². The summed E-state index contributed by atoms with van der Waals surface area (Å²) in [5.41, 5.74) is 1.81. The van der Waals surface area contributed by atoms with Crippen LogP contribution in [-0.4, -0.2) is 100 Å². The molecule has 2 aromatic rings. The van der Waals surface area contributed by atoms with Crippen LogP contribution in [0.25, 0.3) is 0 Å². The smallest absolute Gasteiger partial charge is 0.319 e. The first-order chi connectivity index (χ1) is 19.2. The number of rotatable bonds is 8. The van der Waals surface area contributed by atoms with Gasteiger partial charge in [-0.25, -0.2) is 9.59 Å². The van der Waals surface area contributed by atoms with Gasteiger partial charge in [0.25, 0.3) is 0 Å². The van der Waals surface area contributed by atoms with Crippen molar-refractivity contribution in [2.75, 3.05) is 66.9 Å². The maximum atomic E-state index is 13.2. The van der Waals surface area contributed by atoms with Gasteiger partial charge >= 0.3 is 12.1 Å². The Morgan fingerprint density at radius 2 is 1.59 bits per heavy atom. The lowest BCUT2D eigenvalue weighted by Gasteiger charge is -2.38. The normalized spacial score (nSPS) is 19.2. The van der Waals surface area contributed by atoms with Gasteiger partial charge in [-0.3, -0.25) is 4.90 Å². The summed E-state index contributed by atoms with van der Waals surface area (Å²) >= 11 is 6.05. The number of ether oxygens (including phenoxy) is 3. The first-order valence-electron chi connectivity index (χ1n) is 13.5. The van der Waals surface area contributed by atoms with E-state index in [1.165, 1.54) is 26.9 Å². The van der Waals surface area contributed by atoms with Gasteiger partial charge in [-0.2, -0.15) is 0 Å². The maximum Gasteiger partial charge on any atom is 0.319 e. The highest BCUT2D eigenvalue weighted by atomic mass is 35.5. The molecule has 10 nitrogen and oxygen atoms in total. The Morgan fingerprint density at radius 3 is 2.12 bits per heavy atom. The molecule has 2 saturated heterocycles. The van der Waals surface area contributed by atoms with Crippen molar-refractivity contribution in [3.8, 4) is 17.2 Å². The number of likely N-dealkylation sites (tertiary alicyclic amines) is 2. The van der Waals surface area contributed by atoms with Gasteiger partial charge in [0.2, 0.25) is 5.75 Å². The molecule has 12 heteroatoms. The summed E-state index contributed by atoms with van der Waals surface area (Å²) in [7, 11) is 8.08. The van der Waals surface area contributed by atoms with Gasteiger partial charge in [-0.1, -0.05) is 23.7 Å². The van der Waals surface area contributed by atoms with Gasteiger partial charge in [0, 0.05) is 50.4 Å². The van der Waals surface area contributed by atoms with E-state index in [1.807, 2.05) is 17.0 Å². The maximum absolute atomic E-state index is 13.2. The monoisotopic (exact) mass is 609 g/mol. The molecule has 2 aliphatic rings. The third-order valence-corrected chi connectivity index (χ3v) is 7.99. The molecule has 41 heavy (non-hydrogen) atoms. The molecular formula is C29H41Cl2N5O5. The highest BCUT2D eigenvalue weighted by Gasteiger charge is 2.41. The molecule has 0 saturated carbocycles. The average Bonchev–Trinajstić information content (AvgIpc) is 3.36. The number of piperidine rings is 1. The molecule has 2 aliphatic heterocycles. The molecule has 226 valence electrons. The van der Waals surface area contributed by atoms with Gasteiger partial charge in [0.15, 0.2) is 11.5 Å². The fraction of sp³-hybridized carbons (Fsp3) is 0.517. The number of nitrogens with one attached hydrogen (secondary N) is 2. The summed E-state index contributed by atoms with van der Waals surface area (Å²) in [5, 5.41) is 6.77. The van der Waals surface area contributed by atoms with Crippen molar-refractivity contribution in [3.63, 3.8) is 0 Å². The van der Waals surface area contributed by atoms with Crippen LogP contribution in [0.2, 0.25) is 5.02 Å². The van der Waals surface area contributed by atoms with Crippen LogP contribution >= 0.6 is 24.0 Å². The summed E-state index contributed by atoms with van der Waals surface area (Å²) in [6.45, 7) is 2.84. The summed E-state index contributed by atoms with van der Waals surface area (Å²) in [4.78, 5) is 31.8. The van der Waals surface area contributed by atoms with Crippen molar-refractivity contribution in [2.24, 2.45) is 5.92 Å². The number of carbonyl (C=O) groups is 2. The average molecular weight is 611 g/mol. The first kappa shape index (κ1) is 32.4. The van der Waals surface area contributed by atoms with Gasteiger partial charge < -0.3 is 34.6 Å². The molecule has 0 bridgehead atoms. The first-order valence-corrected chi connectivity index (χ1v) is 13.9. The molecule has 4 amide bonds. The molecule has 2 atom stereocenters. The molecule has 2 fully saturated rings. The zero-order chi connectivity index (χ0) is 28.8. The SMILES string of the molecule is COc1cc(NC(=O)N[C@@H]2CN(C(=O)N(C)C)C[C@H]2N2CCC(Cc3ccc(Cl)cc3)CC2)cc(OC)c1OC.Cl. The van der Waals surface area contributed by atoms with E-state index in [0.717, 1.165) is 37.4 Å². The van der Waals surface area contributed by atoms with E-state index in [9.17, 15) is 9.59 Å². The standard InChI is InChI=1S/C29H40ClN5O5.ClH/c1-33(2)29(37)35-17-23(32-28(36)31-22-15-25(38-3)27(40-5)26(16-22)39-4)24(18-35)34-12-10-20(11-13-34)14-19-6-8-21(30)9-7-19;/h6-9,15-16,20,23-24H,10-14,17-18H2,1-5H3,(H2,31,32,36);1H/t23-,24-;/m1./s1. The Bertz CT molecular complexity index is 1150. The zero-order valence-electron chi connectivity index (χ0n) is 24.3. The third-order valence-electron chi connectivity index (χ3n) is 7.74. The Hall–Kier alpha value is -3.08. The quantitative estimate of drug-likeness (QED) is 0.454. The Kier molecular flexibility index (Phi) is 11.6. The number of anilines is 1. The van der Waals surface area contributed by atoms with Gasteiger partial charge in [0.1, 0.15) is 0 Å². The van der Waals surface area contributed by atoms with E-state index in [4.69, 9.17) is 25.8 Å². The second-order valence-electron chi connectivity index (χ2n) is 10.6. The van der Waals surface area contributed by atoms with Crippen LogP contribution in [-0.2, 0) is 6.42 Å². The van der Waals surface area contributed by atoms with E-state index in [0.29, 0.717) is 41.9 Å². The van der Waals surface area contributed by atoms with Crippen molar-refractivity contribution >= 4 is 41.8 Å². The summed E-state index contributed by atoms with van der Waals surface area (Å²) in [5.74, 6) is 1.93. The zero-order valence-corrected chi connectivity index (χ0v) is 25.9. The van der Waals surface area contributed by atoms with Crippen molar-refractivity contribution in [1.82, 2.24) is 20.0 Å². The lowest BCUT2D eigenvalue weighted by molar-refractivity contribution is 0.121. The number of urea groups is 2. The van der Waals surface area contributed by atoms with E-state index < -0.39 is 0 Å². The van der Waals surface area contributed by atoms with Gasteiger partial charge in [0.05, 0.1) is 33.1 Å². The van der Waals surface area contributed by atoms with Crippen molar-refractivity contribution in [2.45, 2.75) is 31.3 Å². The molecule has 0 radical (unpaired) electrons. The van der Waals surface area contributed by atoms with Crippen molar-refractivity contribution < 1.29 is 23.8 Å². The van der Waals surface area contributed by atoms with E-state index in [2.05, 4.69) is 27.7 Å². The van der Waals surface area contributed by atoms with Gasteiger partial charge in [-0.15, -0.1) is 12.4 Å². The van der Waals surface area contributed by atoms with Gasteiger partial charge in [-0.05, 0) is 56.0 Å². The highest BCUT2D eigenvalue weighted by Crippen LogP contribution is 2.40. The lowest BCUT2D eigenvalue weighted by Crippen LogP contribution is -2.54. The summed E-state index contributed by atoms with van der Waals surface area (Å²) in [6, 6.07) is 10.8. The third kappa shape index (κ3) is 8.02. The van der Waals surface area contributed by atoms with Crippen LogP contribution in [0.15, 0.2) is 36.4 Å². The Labute approximate surface area is 253 Å². The number of nitrogens with zero attached hydrogens (tertiary/aromatic N) is 3. The summed E-state index contributed by atoms with van der Waals surface area (Å²) in [6.07, 6.45) is 3.15. The molecule has 4 rings (SSSR count). The molecule has 2 heterocycles. The van der Waals surface area contributed by atoms with E-state index >= 15 is 0 Å². The van der Waals surface area contributed by atoms with E-state index in [1.54, 1.807) is 31.1 Å². The predicted octanol–water partition coefficient (Wildman–Crippen LogP) is 4.60. The second kappa shape index (κ2) is 14.7. The molecule has 2 aromatic carbocycles. The number of benzene rings is 2. The van der Waals surface area contributed by atoms with Crippen LogP contribution in [0.5, 0.6) is 17.2 Å². The van der Waals surface area contributed by atoms with Crippen molar-refractivity contribution in [3.05, 3.63) is 47.0 Å². The molecule has 0 spiro atoms. The largest absolute Gasteiger partial charge is 0.493 e. The molecular weight excluding hydrogens is 569 g/mol. The molecule has 0 unspecified atom stereocenters. The Morgan fingerprint density at radius 1 is 0.976 bits per heavy atom. The fourth-order valence-corrected chi connectivity index (χ4v) is 5.79. The highest BCUT2D eigenvalue weighted by molar-refractivity contribution is 6.30. The number of hydrogen-bond acceptors (Lipinski definition) is 6.